The van der Waals surface area contributed by atoms with Crippen LogP contribution >= 0.6 is 0 Å². The maximum atomic E-state index is 11.1. The molecule has 0 aromatic heterocycles. The van der Waals surface area contributed by atoms with Gasteiger partial charge in [-0.25, -0.2) is 0 Å². The second-order valence-electron chi connectivity index (χ2n) is 5.15. The van der Waals surface area contributed by atoms with Gasteiger partial charge < -0.3 is 15.2 Å². The van der Waals surface area contributed by atoms with Crippen molar-refractivity contribution in [3.05, 3.63) is 28.3 Å². The molecular weight excluding hydrogens is 260 g/mol. The third kappa shape index (κ3) is 3.19. The first-order valence-electron chi connectivity index (χ1n) is 6.83. The summed E-state index contributed by atoms with van der Waals surface area (Å²) in [5.41, 5.74) is 0.516. The predicted octanol–water partition coefficient (Wildman–Crippen LogP) is 2.42. The minimum atomic E-state index is -0.414. The van der Waals surface area contributed by atoms with Gasteiger partial charge in [0, 0.05) is 13.2 Å². The number of aliphatic hydroxyl groups excluding tert-OH is 1. The number of ether oxygens (including phenoxy) is 1. The van der Waals surface area contributed by atoms with Crippen LogP contribution in [0.4, 0.5) is 11.4 Å². The molecule has 1 saturated carbocycles. The van der Waals surface area contributed by atoms with Crippen LogP contribution in [0.2, 0.25) is 0 Å². The molecule has 0 radical (unpaired) electrons. The van der Waals surface area contributed by atoms with E-state index in [0.717, 1.165) is 19.3 Å². The smallest absolute Gasteiger partial charge is 0.296 e. The summed E-state index contributed by atoms with van der Waals surface area (Å²) in [6.07, 6.45) is 3.21. The summed E-state index contributed by atoms with van der Waals surface area (Å²) in [7, 11) is 1.48. The van der Waals surface area contributed by atoms with Crippen molar-refractivity contribution in [3.8, 4) is 5.75 Å². The fraction of sp³-hybridized carbons (Fsp3) is 0.571. The maximum absolute atomic E-state index is 11.1. The van der Waals surface area contributed by atoms with E-state index < -0.39 is 4.92 Å². The van der Waals surface area contributed by atoms with Crippen LogP contribution in [0.15, 0.2) is 18.2 Å². The second kappa shape index (κ2) is 6.56. The first-order valence-corrected chi connectivity index (χ1v) is 6.83. The van der Waals surface area contributed by atoms with E-state index in [4.69, 9.17) is 4.74 Å². The molecule has 0 amide bonds. The van der Waals surface area contributed by atoms with Crippen LogP contribution in [0.1, 0.15) is 19.3 Å². The maximum Gasteiger partial charge on any atom is 0.296 e. The summed E-state index contributed by atoms with van der Waals surface area (Å²) in [4.78, 5) is 10.7. The average molecular weight is 280 g/mol. The Hall–Kier alpha value is -1.82. The van der Waals surface area contributed by atoms with Crippen LogP contribution in [-0.2, 0) is 0 Å². The number of nitro groups is 1. The fourth-order valence-corrected chi connectivity index (χ4v) is 2.80. The van der Waals surface area contributed by atoms with E-state index in [-0.39, 0.29) is 12.3 Å². The average Bonchev–Trinajstić information content (AvgIpc) is 2.92. The van der Waals surface area contributed by atoms with Crippen molar-refractivity contribution in [2.45, 2.75) is 19.3 Å². The number of hydrogen-bond donors (Lipinski definition) is 2. The molecule has 2 N–H and O–H groups in total. The van der Waals surface area contributed by atoms with E-state index in [1.807, 2.05) is 0 Å². The van der Waals surface area contributed by atoms with E-state index in [1.54, 1.807) is 12.1 Å². The van der Waals surface area contributed by atoms with Crippen molar-refractivity contribution in [1.29, 1.82) is 0 Å². The normalized spacial score (nSPS) is 21.7. The number of benzene rings is 1. The molecule has 1 aromatic rings. The van der Waals surface area contributed by atoms with Gasteiger partial charge in [0.1, 0.15) is 11.4 Å². The molecule has 0 spiro atoms. The Balaban J connectivity index is 2.07. The molecule has 1 fully saturated rings. The van der Waals surface area contributed by atoms with E-state index in [1.165, 1.54) is 13.2 Å². The predicted molar refractivity (Wildman–Crippen MR) is 76.1 cm³/mol. The number of nitrogens with one attached hydrogen (secondary N) is 1. The molecule has 6 nitrogen and oxygen atoms in total. The molecule has 2 atom stereocenters. The van der Waals surface area contributed by atoms with E-state index >= 15 is 0 Å². The highest BCUT2D eigenvalue weighted by molar-refractivity contribution is 5.63. The van der Waals surface area contributed by atoms with E-state index in [0.29, 0.717) is 29.8 Å². The molecule has 0 bridgehead atoms. The van der Waals surface area contributed by atoms with Gasteiger partial charge in [-0.15, -0.1) is 0 Å². The lowest BCUT2D eigenvalue weighted by atomic mass is 9.97. The number of hydrogen-bond acceptors (Lipinski definition) is 5. The van der Waals surface area contributed by atoms with Gasteiger partial charge in [0.15, 0.2) is 0 Å². The summed E-state index contributed by atoms with van der Waals surface area (Å²) < 4.78 is 5.01. The number of rotatable bonds is 6. The van der Waals surface area contributed by atoms with Gasteiger partial charge >= 0.3 is 0 Å². The molecule has 2 rings (SSSR count). The van der Waals surface area contributed by atoms with Crippen LogP contribution in [0.5, 0.6) is 5.75 Å². The number of nitrogens with zero attached hydrogens (tertiary/aromatic N) is 1. The molecule has 0 aliphatic heterocycles. The van der Waals surface area contributed by atoms with Gasteiger partial charge in [-0.2, -0.15) is 0 Å². The van der Waals surface area contributed by atoms with Gasteiger partial charge in [-0.3, -0.25) is 10.1 Å². The zero-order valence-corrected chi connectivity index (χ0v) is 11.5. The lowest BCUT2D eigenvalue weighted by Crippen LogP contribution is -2.21. The summed E-state index contributed by atoms with van der Waals surface area (Å²) >= 11 is 0. The molecule has 1 aliphatic rings. The molecule has 110 valence electrons. The van der Waals surface area contributed by atoms with E-state index in [9.17, 15) is 15.2 Å². The number of anilines is 1. The number of nitro benzene ring substituents is 1. The van der Waals surface area contributed by atoms with E-state index in [2.05, 4.69) is 5.32 Å². The van der Waals surface area contributed by atoms with Crippen molar-refractivity contribution >= 4 is 11.4 Å². The highest BCUT2D eigenvalue weighted by Gasteiger charge is 2.27. The van der Waals surface area contributed by atoms with Crippen LogP contribution in [0.3, 0.4) is 0 Å². The van der Waals surface area contributed by atoms with Crippen LogP contribution in [-0.4, -0.2) is 30.3 Å². The van der Waals surface area contributed by atoms with Crippen molar-refractivity contribution in [1.82, 2.24) is 0 Å². The summed E-state index contributed by atoms with van der Waals surface area (Å²) in [6, 6.07) is 4.79. The minimum Gasteiger partial charge on any atom is -0.496 e. The molecule has 0 heterocycles. The fourth-order valence-electron chi connectivity index (χ4n) is 2.80. The topological polar surface area (TPSA) is 84.6 Å². The molecule has 20 heavy (non-hydrogen) atoms. The third-order valence-electron chi connectivity index (χ3n) is 4.01. The lowest BCUT2D eigenvalue weighted by Gasteiger charge is -2.18. The van der Waals surface area contributed by atoms with Gasteiger partial charge in [-0.1, -0.05) is 6.42 Å². The Bertz CT molecular complexity index is 478. The van der Waals surface area contributed by atoms with Crippen LogP contribution in [0.25, 0.3) is 0 Å². The summed E-state index contributed by atoms with van der Waals surface area (Å²) in [5.74, 6) is 1.15. The van der Waals surface area contributed by atoms with Gasteiger partial charge in [-0.05, 0) is 36.8 Å². The standard InChI is InChI=1S/C14H20N2O4/c1-20-12-5-6-13(14(7-12)16(18)19)15-8-10-3-2-4-11(10)9-17/h5-7,10-11,15,17H,2-4,8-9H2,1H3. The monoisotopic (exact) mass is 280 g/mol. The SMILES string of the molecule is COc1ccc(NCC2CCCC2CO)c([N+](=O)[O-])c1. The second-order valence-corrected chi connectivity index (χ2v) is 5.15. The summed E-state index contributed by atoms with van der Waals surface area (Å²) in [5, 5.41) is 23.5. The molecule has 1 aliphatic carbocycles. The Kier molecular flexibility index (Phi) is 4.79. The minimum absolute atomic E-state index is 0.0166. The zero-order chi connectivity index (χ0) is 14.5. The van der Waals surface area contributed by atoms with Gasteiger partial charge in [0.25, 0.3) is 5.69 Å². The van der Waals surface area contributed by atoms with Gasteiger partial charge in [0.05, 0.1) is 18.1 Å². The Labute approximate surface area is 117 Å². The quantitative estimate of drug-likeness (QED) is 0.617. The first-order chi connectivity index (χ1) is 9.65. The Morgan fingerprint density at radius 1 is 1.45 bits per heavy atom. The van der Waals surface area contributed by atoms with Crippen molar-refractivity contribution < 1.29 is 14.8 Å². The Morgan fingerprint density at radius 2 is 2.20 bits per heavy atom. The van der Waals surface area contributed by atoms with Crippen LogP contribution in [0, 0.1) is 22.0 Å². The number of methoxy groups -OCH3 is 1. The first kappa shape index (κ1) is 14.6. The zero-order valence-electron chi connectivity index (χ0n) is 11.5. The van der Waals surface area contributed by atoms with Crippen molar-refractivity contribution in [3.63, 3.8) is 0 Å². The van der Waals surface area contributed by atoms with Crippen molar-refractivity contribution in [2.24, 2.45) is 11.8 Å². The highest BCUT2D eigenvalue weighted by Crippen LogP contribution is 2.33. The third-order valence-corrected chi connectivity index (χ3v) is 4.01. The van der Waals surface area contributed by atoms with Crippen molar-refractivity contribution in [2.75, 3.05) is 25.6 Å². The van der Waals surface area contributed by atoms with Gasteiger partial charge in [0.2, 0.25) is 0 Å². The summed E-state index contributed by atoms with van der Waals surface area (Å²) in [6.45, 7) is 0.843. The Morgan fingerprint density at radius 3 is 2.85 bits per heavy atom. The highest BCUT2D eigenvalue weighted by atomic mass is 16.6. The largest absolute Gasteiger partial charge is 0.496 e. The molecule has 1 aromatic carbocycles. The molecule has 2 unspecified atom stereocenters. The number of aliphatic hydroxyl groups is 1. The molecule has 6 heteroatoms. The van der Waals surface area contributed by atoms with Crippen LogP contribution < -0.4 is 10.1 Å². The lowest BCUT2D eigenvalue weighted by molar-refractivity contribution is -0.384. The molecular formula is C14H20N2O4. The molecule has 0 saturated heterocycles.